The van der Waals surface area contributed by atoms with E-state index in [2.05, 4.69) is 0 Å². The molecule has 0 amide bonds. The van der Waals surface area contributed by atoms with Gasteiger partial charge in [0.25, 0.3) is 0 Å². The number of nitrogens with one attached hydrogen (secondary N) is 1. The Balaban J connectivity index is 2.99. The van der Waals surface area contributed by atoms with Crippen LogP contribution in [0.1, 0.15) is 12.0 Å². The minimum atomic E-state index is -4.59. The number of nitrogens with two attached hydrogens (primary N) is 1. The Morgan fingerprint density at radius 3 is 2.42 bits per heavy atom. The summed E-state index contributed by atoms with van der Waals surface area (Å²) < 4.78 is 62.7. The van der Waals surface area contributed by atoms with Crippen LogP contribution in [0.15, 0.2) is 18.2 Å². The number of sulfonamides is 1. The van der Waals surface area contributed by atoms with E-state index < -0.39 is 21.8 Å². The smallest absolute Gasteiger partial charge is 0.330 e. The molecule has 0 radical (unpaired) electrons. The molecule has 0 aliphatic heterocycles. The molecule has 1 rings (SSSR count). The highest BCUT2D eigenvalue weighted by molar-refractivity contribution is 7.92. The molecule has 0 aliphatic carbocycles. The lowest BCUT2D eigenvalue weighted by atomic mass is 10.2. The van der Waals surface area contributed by atoms with Gasteiger partial charge in [0.15, 0.2) is 0 Å². The van der Waals surface area contributed by atoms with Crippen LogP contribution >= 0.6 is 11.6 Å². The number of hydrogen-bond acceptors (Lipinski definition) is 3. The highest BCUT2D eigenvalue weighted by Gasteiger charge is 2.31. The van der Waals surface area contributed by atoms with Gasteiger partial charge in [0, 0.05) is 5.02 Å². The monoisotopic (exact) mass is 316 g/mol. The third-order valence-electron chi connectivity index (χ3n) is 2.12. The zero-order valence-electron chi connectivity index (χ0n) is 9.67. The molecule has 3 N–H and O–H groups in total. The molecule has 0 unspecified atom stereocenters. The molecular weight excluding hydrogens is 305 g/mol. The van der Waals surface area contributed by atoms with E-state index in [1.54, 1.807) is 0 Å². The summed E-state index contributed by atoms with van der Waals surface area (Å²) in [5, 5.41) is -0.202. The molecule has 0 saturated carbocycles. The maximum absolute atomic E-state index is 12.5. The van der Waals surface area contributed by atoms with Gasteiger partial charge in [-0.3, -0.25) is 4.72 Å². The maximum Gasteiger partial charge on any atom is 0.416 e. The summed E-state index contributed by atoms with van der Waals surface area (Å²) in [4.78, 5) is 0. The van der Waals surface area contributed by atoms with Crippen molar-refractivity contribution in [1.29, 1.82) is 0 Å². The lowest BCUT2D eigenvalue weighted by Gasteiger charge is -2.12. The van der Waals surface area contributed by atoms with E-state index in [-0.39, 0.29) is 29.4 Å². The van der Waals surface area contributed by atoms with Crippen molar-refractivity contribution >= 4 is 27.3 Å². The van der Waals surface area contributed by atoms with Crippen LogP contribution in [0.2, 0.25) is 5.02 Å². The van der Waals surface area contributed by atoms with Crippen LogP contribution in [-0.2, 0) is 16.2 Å². The molecule has 0 fully saturated rings. The summed E-state index contributed by atoms with van der Waals surface area (Å²) >= 11 is 5.53. The lowest BCUT2D eigenvalue weighted by molar-refractivity contribution is -0.137. The fraction of sp³-hybridized carbons (Fsp3) is 0.400. The Morgan fingerprint density at radius 2 is 1.89 bits per heavy atom. The first-order valence-corrected chi connectivity index (χ1v) is 7.25. The van der Waals surface area contributed by atoms with Crippen molar-refractivity contribution in [2.45, 2.75) is 12.6 Å². The molecular formula is C10H12ClF3N2O2S. The number of anilines is 1. The standard InChI is InChI=1S/C10H12ClF3N2O2S/c11-8-4-7(10(12,13)14)5-9(6-8)16-19(17,18)3-1-2-15/h4-6,16H,1-3,15H2. The molecule has 1 aromatic carbocycles. The largest absolute Gasteiger partial charge is 0.416 e. The first-order valence-electron chi connectivity index (χ1n) is 5.22. The normalized spacial score (nSPS) is 12.5. The van der Waals surface area contributed by atoms with Crippen molar-refractivity contribution in [2.75, 3.05) is 17.0 Å². The van der Waals surface area contributed by atoms with Gasteiger partial charge in [-0.25, -0.2) is 8.42 Å². The molecule has 1 aromatic rings. The second-order valence-corrected chi connectivity index (χ2v) is 6.07. The zero-order chi connectivity index (χ0) is 14.7. The fourth-order valence-corrected chi connectivity index (χ4v) is 2.68. The first-order chi connectivity index (χ1) is 8.64. The highest BCUT2D eigenvalue weighted by Crippen LogP contribution is 2.33. The van der Waals surface area contributed by atoms with Crippen LogP contribution in [0.3, 0.4) is 0 Å². The van der Waals surface area contributed by atoms with Crippen molar-refractivity contribution in [2.24, 2.45) is 5.73 Å². The summed E-state index contributed by atoms with van der Waals surface area (Å²) in [6.07, 6.45) is -4.38. The molecule has 0 heterocycles. The second kappa shape index (κ2) is 5.98. The Bertz CT molecular complexity index is 546. The van der Waals surface area contributed by atoms with Crippen molar-refractivity contribution < 1.29 is 21.6 Å². The second-order valence-electron chi connectivity index (χ2n) is 3.79. The minimum Gasteiger partial charge on any atom is -0.330 e. The summed E-state index contributed by atoms with van der Waals surface area (Å²) in [5.41, 5.74) is 3.93. The van der Waals surface area contributed by atoms with Crippen molar-refractivity contribution in [3.8, 4) is 0 Å². The molecule has 0 bridgehead atoms. The van der Waals surface area contributed by atoms with Crippen molar-refractivity contribution in [1.82, 2.24) is 0 Å². The molecule has 9 heteroatoms. The van der Waals surface area contributed by atoms with E-state index >= 15 is 0 Å². The quantitative estimate of drug-likeness (QED) is 0.876. The molecule has 0 aliphatic rings. The van der Waals surface area contributed by atoms with Gasteiger partial charge in [0.05, 0.1) is 17.0 Å². The lowest BCUT2D eigenvalue weighted by Crippen LogP contribution is -2.19. The van der Waals surface area contributed by atoms with Gasteiger partial charge in [-0.2, -0.15) is 13.2 Å². The van der Waals surface area contributed by atoms with Gasteiger partial charge in [-0.05, 0) is 31.2 Å². The average Bonchev–Trinajstić information content (AvgIpc) is 2.23. The van der Waals surface area contributed by atoms with Gasteiger partial charge in [0.1, 0.15) is 0 Å². The predicted molar refractivity (Wildman–Crippen MR) is 67.5 cm³/mol. The SMILES string of the molecule is NCCCS(=O)(=O)Nc1cc(Cl)cc(C(F)(F)F)c1. The Hall–Kier alpha value is -0.990. The van der Waals surface area contributed by atoms with Gasteiger partial charge < -0.3 is 5.73 Å². The summed E-state index contributed by atoms with van der Waals surface area (Å²) in [5.74, 6) is -0.267. The van der Waals surface area contributed by atoms with E-state index in [1.165, 1.54) is 0 Å². The van der Waals surface area contributed by atoms with E-state index in [4.69, 9.17) is 17.3 Å². The van der Waals surface area contributed by atoms with Crippen LogP contribution in [0.4, 0.5) is 18.9 Å². The van der Waals surface area contributed by atoms with Crippen LogP contribution in [0.25, 0.3) is 0 Å². The number of hydrogen-bond donors (Lipinski definition) is 2. The topological polar surface area (TPSA) is 72.2 Å². The van der Waals surface area contributed by atoms with Crippen LogP contribution in [0.5, 0.6) is 0 Å². The summed E-state index contributed by atoms with van der Waals surface area (Å²) in [7, 11) is -3.73. The Morgan fingerprint density at radius 1 is 1.26 bits per heavy atom. The summed E-state index contributed by atoms with van der Waals surface area (Å²) in [6, 6.07) is 2.52. The van der Waals surface area contributed by atoms with E-state index in [0.29, 0.717) is 6.07 Å². The van der Waals surface area contributed by atoms with Crippen LogP contribution < -0.4 is 10.5 Å². The average molecular weight is 317 g/mol. The number of alkyl halides is 3. The van der Waals surface area contributed by atoms with Gasteiger partial charge in [0.2, 0.25) is 10.0 Å². The van der Waals surface area contributed by atoms with Gasteiger partial charge in [-0.15, -0.1) is 0 Å². The number of benzene rings is 1. The highest BCUT2D eigenvalue weighted by atomic mass is 35.5. The molecule has 0 saturated heterocycles. The first kappa shape index (κ1) is 16.1. The van der Waals surface area contributed by atoms with Crippen molar-refractivity contribution in [3.63, 3.8) is 0 Å². The molecule has 108 valence electrons. The zero-order valence-corrected chi connectivity index (χ0v) is 11.2. The number of halogens is 4. The molecule has 0 atom stereocenters. The molecule has 4 nitrogen and oxygen atoms in total. The van der Waals surface area contributed by atoms with E-state index in [0.717, 1.165) is 12.1 Å². The third-order valence-corrected chi connectivity index (χ3v) is 3.71. The van der Waals surface area contributed by atoms with Crippen molar-refractivity contribution in [3.05, 3.63) is 28.8 Å². The Labute approximate surface area is 113 Å². The van der Waals surface area contributed by atoms with Gasteiger partial charge in [-0.1, -0.05) is 11.6 Å². The molecule has 19 heavy (non-hydrogen) atoms. The minimum absolute atomic E-state index is 0.171. The fourth-order valence-electron chi connectivity index (χ4n) is 1.32. The maximum atomic E-state index is 12.5. The predicted octanol–water partition coefficient (Wildman–Crippen LogP) is 2.45. The van der Waals surface area contributed by atoms with Crippen LogP contribution in [-0.4, -0.2) is 20.7 Å². The number of rotatable bonds is 5. The Kier molecular flexibility index (Phi) is 5.05. The summed E-state index contributed by atoms with van der Waals surface area (Å²) in [6.45, 7) is 0.171. The molecule has 0 spiro atoms. The van der Waals surface area contributed by atoms with Gasteiger partial charge >= 0.3 is 6.18 Å². The van der Waals surface area contributed by atoms with E-state index in [1.807, 2.05) is 4.72 Å². The molecule has 0 aromatic heterocycles. The van der Waals surface area contributed by atoms with E-state index in [9.17, 15) is 21.6 Å². The third kappa shape index (κ3) is 5.25. The van der Waals surface area contributed by atoms with Crippen LogP contribution in [0, 0.1) is 0 Å².